The third-order valence-electron chi connectivity index (χ3n) is 7.64. The fourth-order valence-electron chi connectivity index (χ4n) is 5.75. The van der Waals surface area contributed by atoms with Gasteiger partial charge in [0.05, 0.1) is 0 Å². The molecular formula is C36H33N. The zero-order valence-electron chi connectivity index (χ0n) is 21.7. The minimum Gasteiger partial charge on any atom is -0.310 e. The Bertz CT molecular complexity index is 1580. The first-order valence-electron chi connectivity index (χ1n) is 13.4. The highest BCUT2D eigenvalue weighted by atomic mass is 15.1. The molecule has 0 radical (unpaired) electrons. The van der Waals surface area contributed by atoms with Crippen molar-refractivity contribution in [2.75, 3.05) is 4.90 Å². The standard InChI is InChI=1S/C36H33N/c1-26-17-24-35(27(2)25-26)37(36-16-8-13-30-10-4-6-15-34(30)36)32-22-19-28(20-23-32)18-21-31-12-7-11-29-9-3-5-14-33(29)31/h3,5,7-9,11-14,16-25H,4,6,10,15H2,1-2H3. The van der Waals surface area contributed by atoms with Crippen LogP contribution in [0.5, 0.6) is 0 Å². The van der Waals surface area contributed by atoms with Gasteiger partial charge >= 0.3 is 0 Å². The van der Waals surface area contributed by atoms with Crippen LogP contribution in [0, 0.1) is 13.8 Å². The van der Waals surface area contributed by atoms with Gasteiger partial charge in [0.1, 0.15) is 0 Å². The predicted octanol–water partition coefficient (Wildman–Crippen LogP) is 9.98. The fourth-order valence-corrected chi connectivity index (χ4v) is 5.75. The van der Waals surface area contributed by atoms with E-state index in [1.807, 2.05) is 0 Å². The van der Waals surface area contributed by atoms with Crippen LogP contribution < -0.4 is 4.90 Å². The highest BCUT2D eigenvalue weighted by Gasteiger charge is 2.21. The molecule has 0 bridgehead atoms. The van der Waals surface area contributed by atoms with Crippen molar-refractivity contribution in [2.24, 2.45) is 0 Å². The normalized spacial score (nSPS) is 13.1. The number of nitrogens with zero attached hydrogens (tertiary/aromatic N) is 1. The second kappa shape index (κ2) is 10.1. The van der Waals surface area contributed by atoms with E-state index in [1.54, 1.807) is 0 Å². The third-order valence-corrected chi connectivity index (χ3v) is 7.64. The molecule has 0 fully saturated rings. The molecule has 0 aromatic heterocycles. The second-order valence-corrected chi connectivity index (χ2v) is 10.2. The minimum absolute atomic E-state index is 1.15. The molecule has 182 valence electrons. The van der Waals surface area contributed by atoms with Crippen LogP contribution in [0.25, 0.3) is 22.9 Å². The number of rotatable bonds is 5. The largest absolute Gasteiger partial charge is 0.310 e. The molecule has 5 aromatic carbocycles. The van der Waals surface area contributed by atoms with Gasteiger partial charge in [0.15, 0.2) is 0 Å². The van der Waals surface area contributed by atoms with E-state index in [0.29, 0.717) is 0 Å². The molecule has 0 heterocycles. The summed E-state index contributed by atoms with van der Waals surface area (Å²) in [5.74, 6) is 0. The van der Waals surface area contributed by atoms with Crippen molar-refractivity contribution in [3.63, 3.8) is 0 Å². The summed E-state index contributed by atoms with van der Waals surface area (Å²) in [6.07, 6.45) is 9.34. The van der Waals surface area contributed by atoms with Crippen molar-refractivity contribution >= 4 is 40.0 Å². The van der Waals surface area contributed by atoms with Gasteiger partial charge < -0.3 is 4.90 Å². The molecule has 6 rings (SSSR count). The molecule has 1 aliphatic carbocycles. The number of hydrogen-bond donors (Lipinski definition) is 0. The van der Waals surface area contributed by atoms with Gasteiger partial charge in [-0.15, -0.1) is 0 Å². The Morgan fingerprint density at radius 3 is 2.30 bits per heavy atom. The van der Waals surface area contributed by atoms with E-state index in [4.69, 9.17) is 0 Å². The average Bonchev–Trinajstić information content (AvgIpc) is 2.94. The van der Waals surface area contributed by atoms with Gasteiger partial charge in [0, 0.05) is 17.1 Å². The molecule has 0 aliphatic heterocycles. The van der Waals surface area contributed by atoms with E-state index in [9.17, 15) is 0 Å². The predicted molar refractivity (Wildman–Crippen MR) is 160 cm³/mol. The van der Waals surface area contributed by atoms with Gasteiger partial charge in [-0.2, -0.15) is 0 Å². The van der Waals surface area contributed by atoms with E-state index in [-0.39, 0.29) is 0 Å². The summed E-state index contributed by atoms with van der Waals surface area (Å²) in [4.78, 5) is 2.47. The summed E-state index contributed by atoms with van der Waals surface area (Å²) in [7, 11) is 0. The SMILES string of the molecule is Cc1ccc(N(c2ccc(C=Cc3cccc4ccccc34)cc2)c2cccc3c2CCCC3)c(C)c1. The number of anilines is 3. The van der Waals surface area contributed by atoms with Crippen molar-refractivity contribution in [1.29, 1.82) is 0 Å². The Balaban J connectivity index is 1.39. The molecule has 37 heavy (non-hydrogen) atoms. The van der Waals surface area contributed by atoms with Crippen LogP contribution in [0.4, 0.5) is 17.1 Å². The van der Waals surface area contributed by atoms with Crippen LogP contribution in [-0.4, -0.2) is 0 Å². The Kier molecular flexibility index (Phi) is 6.37. The topological polar surface area (TPSA) is 3.24 Å². The summed E-state index contributed by atoms with van der Waals surface area (Å²) in [5.41, 5.74) is 11.8. The van der Waals surface area contributed by atoms with Crippen LogP contribution in [0.3, 0.4) is 0 Å². The van der Waals surface area contributed by atoms with E-state index in [2.05, 4.69) is 134 Å². The summed E-state index contributed by atoms with van der Waals surface area (Å²) >= 11 is 0. The van der Waals surface area contributed by atoms with Crippen molar-refractivity contribution in [2.45, 2.75) is 39.5 Å². The van der Waals surface area contributed by atoms with Crippen LogP contribution in [-0.2, 0) is 12.8 Å². The van der Waals surface area contributed by atoms with Crippen LogP contribution >= 0.6 is 0 Å². The maximum atomic E-state index is 2.47. The molecule has 0 spiro atoms. The van der Waals surface area contributed by atoms with E-state index < -0.39 is 0 Å². The lowest BCUT2D eigenvalue weighted by molar-refractivity contribution is 0.686. The Morgan fingerprint density at radius 2 is 1.43 bits per heavy atom. The van der Waals surface area contributed by atoms with Crippen LogP contribution in [0.1, 0.15) is 46.2 Å². The number of hydrogen-bond acceptors (Lipinski definition) is 1. The average molecular weight is 480 g/mol. The molecular weight excluding hydrogens is 446 g/mol. The zero-order valence-corrected chi connectivity index (χ0v) is 21.7. The molecule has 0 saturated heterocycles. The Morgan fingerprint density at radius 1 is 0.649 bits per heavy atom. The Labute approximate surface area is 220 Å². The fraction of sp³-hybridized carbons (Fsp3) is 0.167. The van der Waals surface area contributed by atoms with Gasteiger partial charge in [0.25, 0.3) is 0 Å². The van der Waals surface area contributed by atoms with E-state index in [0.717, 1.165) is 6.42 Å². The zero-order chi connectivity index (χ0) is 25.2. The highest BCUT2D eigenvalue weighted by Crippen LogP contribution is 2.41. The summed E-state index contributed by atoms with van der Waals surface area (Å²) in [5, 5.41) is 2.56. The van der Waals surface area contributed by atoms with Crippen LogP contribution in [0.15, 0.2) is 103 Å². The molecule has 0 N–H and O–H groups in total. The first-order valence-corrected chi connectivity index (χ1v) is 13.4. The number of benzene rings is 5. The lowest BCUT2D eigenvalue weighted by atomic mass is 9.89. The highest BCUT2D eigenvalue weighted by molar-refractivity contribution is 5.93. The van der Waals surface area contributed by atoms with Crippen molar-refractivity contribution in [1.82, 2.24) is 0 Å². The molecule has 0 amide bonds. The summed E-state index contributed by atoms with van der Waals surface area (Å²) in [6.45, 7) is 4.40. The second-order valence-electron chi connectivity index (χ2n) is 10.2. The summed E-state index contributed by atoms with van der Waals surface area (Å²) < 4.78 is 0. The first-order chi connectivity index (χ1) is 18.2. The van der Waals surface area contributed by atoms with Crippen molar-refractivity contribution in [3.8, 4) is 0 Å². The van der Waals surface area contributed by atoms with Gasteiger partial charge in [-0.25, -0.2) is 0 Å². The summed E-state index contributed by atoms with van der Waals surface area (Å²) in [6, 6.07) is 37.7. The van der Waals surface area contributed by atoms with Crippen molar-refractivity contribution < 1.29 is 0 Å². The lowest BCUT2D eigenvalue weighted by Crippen LogP contribution is -2.16. The van der Waals surface area contributed by atoms with Gasteiger partial charge in [-0.3, -0.25) is 0 Å². The third kappa shape index (κ3) is 4.70. The van der Waals surface area contributed by atoms with Gasteiger partial charge in [-0.1, -0.05) is 96.6 Å². The van der Waals surface area contributed by atoms with Gasteiger partial charge in [-0.05, 0) is 102 Å². The van der Waals surface area contributed by atoms with Crippen molar-refractivity contribution in [3.05, 3.63) is 137 Å². The molecule has 0 saturated carbocycles. The van der Waals surface area contributed by atoms with E-state index in [1.165, 1.54) is 80.5 Å². The smallest absolute Gasteiger partial charge is 0.0496 e. The number of aryl methyl sites for hydroxylation is 3. The first kappa shape index (κ1) is 23.3. The molecule has 1 nitrogen and oxygen atoms in total. The lowest BCUT2D eigenvalue weighted by Gasteiger charge is -2.31. The molecule has 0 atom stereocenters. The molecule has 1 aliphatic rings. The van der Waals surface area contributed by atoms with Gasteiger partial charge in [0.2, 0.25) is 0 Å². The van der Waals surface area contributed by atoms with E-state index >= 15 is 0 Å². The van der Waals surface area contributed by atoms with Crippen LogP contribution in [0.2, 0.25) is 0 Å². The molecule has 1 heteroatoms. The monoisotopic (exact) mass is 479 g/mol. The maximum Gasteiger partial charge on any atom is 0.0496 e. The minimum atomic E-state index is 1.15. The maximum absolute atomic E-state index is 2.47. The quantitative estimate of drug-likeness (QED) is 0.227. The Hall–Kier alpha value is -4.10. The molecule has 5 aromatic rings. The molecule has 0 unspecified atom stereocenters. The number of fused-ring (bicyclic) bond motifs is 2.